The van der Waals surface area contributed by atoms with Crippen LogP contribution in [0, 0.1) is 0 Å². The molecule has 0 radical (unpaired) electrons. The van der Waals surface area contributed by atoms with Gasteiger partial charge >= 0.3 is 0 Å². The number of anilines is 1. The van der Waals surface area contributed by atoms with Crippen molar-refractivity contribution in [2.24, 2.45) is 0 Å². The minimum absolute atomic E-state index is 0.186. The number of hydrogen-bond acceptors (Lipinski definition) is 5. The van der Waals surface area contributed by atoms with Gasteiger partial charge in [-0.05, 0) is 63.1 Å². The van der Waals surface area contributed by atoms with E-state index < -0.39 is 9.33 Å². The number of benzene rings is 2. The van der Waals surface area contributed by atoms with Gasteiger partial charge in [-0.25, -0.2) is 0 Å². The van der Waals surface area contributed by atoms with Crippen LogP contribution < -0.4 is 15.0 Å². The minimum atomic E-state index is -1.64. The zero-order valence-corrected chi connectivity index (χ0v) is 28.5. The fourth-order valence-corrected chi connectivity index (χ4v) is 6.10. The van der Waals surface area contributed by atoms with Crippen LogP contribution in [0.3, 0.4) is 0 Å². The van der Waals surface area contributed by atoms with Gasteiger partial charge in [-0.1, -0.05) is 111 Å². The Bertz CT molecular complexity index is 1150. The van der Waals surface area contributed by atoms with Gasteiger partial charge in [0.25, 0.3) is 0 Å². The summed E-state index contributed by atoms with van der Waals surface area (Å²) in [7, 11) is 0. The molecule has 3 rings (SSSR count). The Hall–Kier alpha value is -1.96. The molecule has 0 bridgehead atoms. The smallest absolute Gasteiger partial charge is 0.224 e. The Morgan fingerprint density at radius 2 is 1.58 bits per heavy atom. The molecule has 0 aliphatic heterocycles. The quantitative estimate of drug-likeness (QED) is 0.137. The van der Waals surface area contributed by atoms with Crippen LogP contribution in [0.2, 0.25) is 0 Å². The topological polar surface area (TPSA) is 48.1 Å². The molecule has 2 aromatic carbocycles. The second kappa shape index (κ2) is 17.5. The molecule has 9 heteroatoms. The van der Waals surface area contributed by atoms with Crippen molar-refractivity contribution in [3.05, 3.63) is 71.8 Å². The number of carbonyl (C=O) groups excluding carboxylic acids is 1. The molecule has 1 aliphatic carbocycles. The van der Waals surface area contributed by atoms with Gasteiger partial charge in [0, 0.05) is 37.9 Å². The lowest BCUT2D eigenvalue weighted by Gasteiger charge is -2.30. The van der Waals surface area contributed by atoms with Crippen molar-refractivity contribution in [2.75, 3.05) is 63.9 Å². The van der Waals surface area contributed by atoms with Gasteiger partial charge in [0.15, 0.2) is 3.79 Å². The molecule has 1 N–H and O–H groups in total. The van der Waals surface area contributed by atoms with E-state index in [2.05, 4.69) is 84.1 Å². The Balaban J connectivity index is 1.84. The van der Waals surface area contributed by atoms with Crippen LogP contribution in [0.25, 0.3) is 0 Å². The van der Waals surface area contributed by atoms with Gasteiger partial charge < -0.3 is 24.8 Å². The van der Waals surface area contributed by atoms with E-state index in [4.69, 9.17) is 39.5 Å². The summed E-state index contributed by atoms with van der Waals surface area (Å²) in [5.41, 5.74) is 3.04. The van der Waals surface area contributed by atoms with Gasteiger partial charge in [0.05, 0.1) is 12.0 Å². The van der Waals surface area contributed by atoms with Crippen LogP contribution in [0.15, 0.2) is 66.2 Å². The molecule has 0 aromatic heterocycles. The molecular formula is C34H49Cl3N4O2. The summed E-state index contributed by atoms with van der Waals surface area (Å²) >= 11 is 17.9. The zero-order valence-electron chi connectivity index (χ0n) is 26.3. The Labute approximate surface area is 274 Å². The molecule has 1 atom stereocenters. The summed E-state index contributed by atoms with van der Waals surface area (Å²) in [6, 6.07) is 18.7. The van der Waals surface area contributed by atoms with Gasteiger partial charge in [-0.3, -0.25) is 4.79 Å². The molecule has 43 heavy (non-hydrogen) atoms. The first kappa shape index (κ1) is 35.5. The van der Waals surface area contributed by atoms with E-state index in [1.165, 1.54) is 5.57 Å². The van der Waals surface area contributed by atoms with Crippen LogP contribution in [-0.4, -0.2) is 84.0 Å². The number of amides is 1. The number of alkyl halides is 3. The third-order valence-corrected chi connectivity index (χ3v) is 8.61. The number of hydrogen-bond donors (Lipinski definition) is 1. The first-order chi connectivity index (χ1) is 20.6. The maximum absolute atomic E-state index is 13.0. The van der Waals surface area contributed by atoms with E-state index in [0.29, 0.717) is 13.0 Å². The number of ether oxygens (including phenoxy) is 1. The summed E-state index contributed by atoms with van der Waals surface area (Å²) in [4.78, 5) is 20.2. The number of nitrogens with zero attached hydrogens (tertiary/aromatic N) is 3. The van der Waals surface area contributed by atoms with Crippen molar-refractivity contribution in [2.45, 2.75) is 62.7 Å². The molecular weight excluding hydrogens is 603 g/mol. The highest BCUT2D eigenvalue weighted by Gasteiger charge is 2.37. The first-order valence-corrected chi connectivity index (χ1v) is 16.8. The average Bonchev–Trinajstić information content (AvgIpc) is 3.36. The molecule has 0 fully saturated rings. The zero-order chi connectivity index (χ0) is 31.3. The molecule has 1 amide bonds. The SMILES string of the molecule is CCN(CC)CCOc1cccc(N(CCN(CC)CC)CC2=CC(Cc3ccccc3)(NC(=O)CC(Cl)(Cl)Cl)CC2)c1. The Morgan fingerprint density at radius 1 is 0.907 bits per heavy atom. The lowest BCUT2D eigenvalue weighted by molar-refractivity contribution is -0.122. The average molecular weight is 652 g/mol. The van der Waals surface area contributed by atoms with E-state index in [-0.39, 0.29) is 12.3 Å². The molecule has 0 heterocycles. The summed E-state index contributed by atoms with van der Waals surface area (Å²) in [5.74, 6) is 0.622. The van der Waals surface area contributed by atoms with Crippen LogP contribution in [0.4, 0.5) is 5.69 Å². The number of rotatable bonds is 18. The highest BCUT2D eigenvalue weighted by molar-refractivity contribution is 6.68. The molecule has 238 valence electrons. The minimum Gasteiger partial charge on any atom is -0.492 e. The maximum Gasteiger partial charge on any atom is 0.224 e. The summed E-state index contributed by atoms with van der Waals surface area (Å²) in [5, 5.41) is 3.24. The van der Waals surface area contributed by atoms with E-state index in [9.17, 15) is 4.79 Å². The summed E-state index contributed by atoms with van der Waals surface area (Å²) < 4.78 is 4.54. The number of likely N-dealkylation sites (N-methyl/N-ethyl adjacent to an activating group) is 2. The third kappa shape index (κ3) is 12.2. The molecule has 1 unspecified atom stereocenters. The van der Waals surface area contributed by atoms with E-state index in [1.807, 2.05) is 24.3 Å². The lowest BCUT2D eigenvalue weighted by Crippen LogP contribution is -2.48. The van der Waals surface area contributed by atoms with Crippen molar-refractivity contribution in [1.29, 1.82) is 0 Å². The molecule has 0 saturated carbocycles. The Morgan fingerprint density at radius 3 is 2.23 bits per heavy atom. The largest absolute Gasteiger partial charge is 0.492 e. The monoisotopic (exact) mass is 650 g/mol. The molecule has 1 aliphatic rings. The standard InChI is InChI=1S/C34H49Cl3N4O2/c1-5-39(6-2)19-20-41(30-15-12-16-31(23-30)43-22-21-40(7-3)8-4)27-29-17-18-33(25-29,24-28-13-10-9-11-14-28)38-32(42)26-34(35,36)37/h9-16,23,25H,5-8,17-22,24,26-27H2,1-4H3,(H,38,42). The third-order valence-electron chi connectivity index (χ3n) is 8.21. The van der Waals surface area contributed by atoms with Crippen molar-refractivity contribution in [1.82, 2.24) is 15.1 Å². The van der Waals surface area contributed by atoms with Crippen molar-refractivity contribution in [3.8, 4) is 5.75 Å². The van der Waals surface area contributed by atoms with Crippen LogP contribution >= 0.6 is 34.8 Å². The van der Waals surface area contributed by atoms with Crippen molar-refractivity contribution in [3.63, 3.8) is 0 Å². The predicted octanol–water partition coefficient (Wildman–Crippen LogP) is 7.13. The lowest BCUT2D eigenvalue weighted by atomic mass is 9.90. The summed E-state index contributed by atoms with van der Waals surface area (Å²) in [6.07, 6.45) is 4.42. The normalized spacial score (nSPS) is 16.9. The van der Waals surface area contributed by atoms with Gasteiger partial charge in [-0.15, -0.1) is 0 Å². The first-order valence-electron chi connectivity index (χ1n) is 15.6. The van der Waals surface area contributed by atoms with E-state index in [0.717, 1.165) is 82.2 Å². The predicted molar refractivity (Wildman–Crippen MR) is 183 cm³/mol. The van der Waals surface area contributed by atoms with Crippen molar-refractivity contribution >= 4 is 46.4 Å². The fourth-order valence-electron chi connectivity index (χ4n) is 5.74. The maximum atomic E-state index is 13.0. The van der Waals surface area contributed by atoms with Crippen molar-refractivity contribution < 1.29 is 9.53 Å². The highest BCUT2D eigenvalue weighted by atomic mass is 35.6. The van der Waals surface area contributed by atoms with E-state index >= 15 is 0 Å². The van der Waals surface area contributed by atoms with Gasteiger partial charge in [-0.2, -0.15) is 0 Å². The Kier molecular flexibility index (Phi) is 14.5. The second-order valence-corrected chi connectivity index (χ2v) is 13.8. The fraction of sp³-hybridized carbons (Fsp3) is 0.559. The molecule has 2 aromatic rings. The number of carbonyl (C=O) groups is 1. The van der Waals surface area contributed by atoms with Crippen LogP contribution in [0.1, 0.15) is 52.5 Å². The number of nitrogens with one attached hydrogen (secondary N) is 1. The van der Waals surface area contributed by atoms with Gasteiger partial charge in [0.2, 0.25) is 5.91 Å². The molecule has 0 spiro atoms. The number of halogens is 3. The summed E-state index contributed by atoms with van der Waals surface area (Å²) in [6.45, 7) is 17.0. The molecule has 6 nitrogen and oxygen atoms in total. The van der Waals surface area contributed by atoms with Crippen LogP contribution in [0.5, 0.6) is 5.75 Å². The molecule has 0 saturated heterocycles. The highest BCUT2D eigenvalue weighted by Crippen LogP contribution is 2.35. The van der Waals surface area contributed by atoms with E-state index in [1.54, 1.807) is 0 Å². The van der Waals surface area contributed by atoms with Crippen LogP contribution in [-0.2, 0) is 11.2 Å². The van der Waals surface area contributed by atoms with Gasteiger partial charge in [0.1, 0.15) is 12.4 Å². The second-order valence-electron chi connectivity index (χ2n) is 11.3.